The van der Waals surface area contributed by atoms with Gasteiger partial charge in [0, 0.05) is 16.7 Å². The Bertz CT molecular complexity index is 1150. The summed E-state index contributed by atoms with van der Waals surface area (Å²) in [5.74, 6) is 1.39. The molecule has 8 heteroatoms. The Labute approximate surface area is 190 Å². The van der Waals surface area contributed by atoms with Gasteiger partial charge in [-0.1, -0.05) is 6.42 Å². The molecule has 168 valence electrons. The van der Waals surface area contributed by atoms with E-state index in [0.29, 0.717) is 27.7 Å². The molecule has 32 heavy (non-hydrogen) atoms. The van der Waals surface area contributed by atoms with Crippen LogP contribution in [0, 0.1) is 5.82 Å². The molecule has 1 aliphatic rings. The SMILES string of the molecule is COc1cc(-c2csc(=Nc3ccc(F)cc3)n2N=C2CCCCC2)cc(OC)c1OC. The van der Waals surface area contributed by atoms with Gasteiger partial charge in [-0.3, -0.25) is 0 Å². The Morgan fingerprint density at radius 2 is 1.56 bits per heavy atom. The molecule has 4 rings (SSSR count). The third-order valence-corrected chi connectivity index (χ3v) is 6.19. The molecular weight excluding hydrogens is 429 g/mol. The molecule has 0 aliphatic heterocycles. The Hall–Kier alpha value is -3.13. The first kappa shape index (κ1) is 22.1. The molecule has 0 N–H and O–H groups in total. The maximum Gasteiger partial charge on any atom is 0.211 e. The fraction of sp³-hybridized carbons (Fsp3) is 0.333. The average Bonchev–Trinajstić information content (AvgIpc) is 3.22. The molecule has 3 aromatic rings. The molecule has 1 saturated carbocycles. The van der Waals surface area contributed by atoms with Crippen LogP contribution in [-0.4, -0.2) is 31.7 Å². The zero-order chi connectivity index (χ0) is 22.5. The summed E-state index contributed by atoms with van der Waals surface area (Å²) in [5, 5.41) is 6.99. The van der Waals surface area contributed by atoms with Crippen LogP contribution in [0.3, 0.4) is 0 Å². The van der Waals surface area contributed by atoms with Gasteiger partial charge in [-0.2, -0.15) is 5.10 Å². The second kappa shape index (κ2) is 9.99. The molecule has 1 aliphatic carbocycles. The molecule has 1 fully saturated rings. The van der Waals surface area contributed by atoms with Crippen LogP contribution < -0.4 is 19.0 Å². The molecule has 1 heterocycles. The third-order valence-electron chi connectivity index (χ3n) is 5.37. The molecular formula is C24H26FN3O3S. The zero-order valence-electron chi connectivity index (χ0n) is 18.4. The highest BCUT2D eigenvalue weighted by Crippen LogP contribution is 2.41. The van der Waals surface area contributed by atoms with Crippen molar-refractivity contribution in [3.63, 3.8) is 0 Å². The monoisotopic (exact) mass is 455 g/mol. The molecule has 0 saturated heterocycles. The molecule has 2 aromatic carbocycles. The summed E-state index contributed by atoms with van der Waals surface area (Å²) in [4.78, 5) is 5.44. The van der Waals surface area contributed by atoms with Gasteiger partial charge in [0.2, 0.25) is 10.6 Å². The highest BCUT2D eigenvalue weighted by atomic mass is 32.1. The highest BCUT2D eigenvalue weighted by Gasteiger charge is 2.18. The highest BCUT2D eigenvalue weighted by molar-refractivity contribution is 7.07. The summed E-state index contributed by atoms with van der Waals surface area (Å²) in [6.07, 6.45) is 5.49. The number of benzene rings is 2. The van der Waals surface area contributed by atoms with Crippen LogP contribution in [0.15, 0.2) is 51.9 Å². The molecule has 6 nitrogen and oxygen atoms in total. The van der Waals surface area contributed by atoms with Gasteiger partial charge < -0.3 is 14.2 Å². The van der Waals surface area contributed by atoms with Gasteiger partial charge in [-0.25, -0.2) is 14.1 Å². The van der Waals surface area contributed by atoms with Gasteiger partial charge in [-0.05, 0) is 62.1 Å². The van der Waals surface area contributed by atoms with E-state index < -0.39 is 0 Å². The largest absolute Gasteiger partial charge is 0.493 e. The Kier molecular flexibility index (Phi) is 6.90. The summed E-state index contributed by atoms with van der Waals surface area (Å²) in [5.41, 5.74) is 3.57. The van der Waals surface area contributed by atoms with Crippen LogP contribution in [0.2, 0.25) is 0 Å². The number of halogens is 1. The van der Waals surface area contributed by atoms with E-state index in [-0.39, 0.29) is 5.82 Å². The minimum absolute atomic E-state index is 0.288. The van der Waals surface area contributed by atoms with E-state index in [1.54, 1.807) is 33.5 Å². The topological polar surface area (TPSA) is 57.3 Å². The van der Waals surface area contributed by atoms with E-state index in [0.717, 1.165) is 42.7 Å². The summed E-state index contributed by atoms with van der Waals surface area (Å²) in [7, 11) is 4.78. The van der Waals surface area contributed by atoms with Crippen LogP contribution in [0.25, 0.3) is 11.3 Å². The fourth-order valence-corrected chi connectivity index (χ4v) is 4.58. The van der Waals surface area contributed by atoms with E-state index in [4.69, 9.17) is 24.3 Å². The van der Waals surface area contributed by atoms with Crippen molar-refractivity contribution in [1.82, 2.24) is 4.68 Å². The van der Waals surface area contributed by atoms with E-state index in [2.05, 4.69) is 0 Å². The molecule has 1 aromatic heterocycles. The van der Waals surface area contributed by atoms with Crippen molar-refractivity contribution in [2.75, 3.05) is 21.3 Å². The molecule has 0 atom stereocenters. The molecule has 0 unspecified atom stereocenters. The molecule has 0 radical (unpaired) electrons. The Balaban J connectivity index is 1.89. The van der Waals surface area contributed by atoms with E-state index in [9.17, 15) is 4.39 Å². The predicted molar refractivity (Wildman–Crippen MR) is 125 cm³/mol. The Morgan fingerprint density at radius 1 is 0.906 bits per heavy atom. The molecule has 0 spiro atoms. The van der Waals surface area contributed by atoms with Crippen molar-refractivity contribution < 1.29 is 18.6 Å². The van der Waals surface area contributed by atoms with Crippen molar-refractivity contribution >= 4 is 22.7 Å². The number of hydrogen-bond donors (Lipinski definition) is 0. The van der Waals surface area contributed by atoms with Crippen molar-refractivity contribution in [3.8, 4) is 28.5 Å². The number of hydrogen-bond acceptors (Lipinski definition) is 6. The smallest absolute Gasteiger partial charge is 0.211 e. The maximum absolute atomic E-state index is 13.3. The summed E-state index contributed by atoms with van der Waals surface area (Å²) < 4.78 is 31.8. The van der Waals surface area contributed by atoms with Gasteiger partial charge in [0.25, 0.3) is 0 Å². The first-order chi connectivity index (χ1) is 15.6. The standard InChI is InChI=1S/C24H26FN3O3S/c1-29-21-13-16(14-22(30-2)23(21)31-3)20-15-32-24(26-18-11-9-17(25)10-12-18)28(20)27-19-7-5-4-6-8-19/h9-15H,4-8H2,1-3H3. The van der Waals surface area contributed by atoms with Crippen molar-refractivity contribution in [2.24, 2.45) is 10.1 Å². The van der Waals surface area contributed by atoms with Crippen LogP contribution in [0.4, 0.5) is 10.1 Å². The molecule has 0 amide bonds. The van der Waals surface area contributed by atoms with E-state index in [1.165, 1.54) is 29.9 Å². The van der Waals surface area contributed by atoms with E-state index in [1.807, 2.05) is 22.2 Å². The maximum atomic E-state index is 13.3. The average molecular weight is 456 g/mol. The number of rotatable bonds is 6. The Morgan fingerprint density at radius 3 is 2.16 bits per heavy atom. The normalized spacial score (nSPS) is 14.4. The second-order valence-electron chi connectivity index (χ2n) is 7.44. The van der Waals surface area contributed by atoms with Gasteiger partial charge in [0.05, 0.1) is 32.7 Å². The first-order valence-corrected chi connectivity index (χ1v) is 11.4. The van der Waals surface area contributed by atoms with E-state index >= 15 is 0 Å². The van der Waals surface area contributed by atoms with Crippen molar-refractivity contribution in [3.05, 3.63) is 52.4 Å². The number of aromatic nitrogens is 1. The van der Waals surface area contributed by atoms with Crippen molar-refractivity contribution in [1.29, 1.82) is 0 Å². The number of nitrogens with zero attached hydrogens (tertiary/aromatic N) is 3. The van der Waals surface area contributed by atoms with Crippen molar-refractivity contribution in [2.45, 2.75) is 32.1 Å². The molecule has 0 bridgehead atoms. The van der Waals surface area contributed by atoms with Crippen LogP contribution in [0.1, 0.15) is 32.1 Å². The quantitative estimate of drug-likeness (QED) is 0.473. The van der Waals surface area contributed by atoms with Crippen LogP contribution in [0.5, 0.6) is 17.2 Å². The van der Waals surface area contributed by atoms with Gasteiger partial charge >= 0.3 is 0 Å². The summed E-state index contributed by atoms with van der Waals surface area (Å²) in [6, 6.07) is 9.94. The lowest BCUT2D eigenvalue weighted by Gasteiger charge is -2.15. The van der Waals surface area contributed by atoms with Gasteiger partial charge in [-0.15, -0.1) is 11.3 Å². The number of ether oxygens (including phenoxy) is 3. The minimum atomic E-state index is -0.288. The lowest BCUT2D eigenvalue weighted by Crippen LogP contribution is -2.16. The minimum Gasteiger partial charge on any atom is -0.493 e. The second-order valence-corrected chi connectivity index (χ2v) is 8.28. The fourth-order valence-electron chi connectivity index (χ4n) is 3.73. The lowest BCUT2D eigenvalue weighted by molar-refractivity contribution is 0.324. The summed E-state index contributed by atoms with van der Waals surface area (Å²) >= 11 is 1.48. The first-order valence-electron chi connectivity index (χ1n) is 10.5. The van der Waals surface area contributed by atoms with Gasteiger partial charge in [0.15, 0.2) is 11.5 Å². The lowest BCUT2D eigenvalue weighted by atomic mass is 9.99. The number of methoxy groups -OCH3 is 3. The van der Waals surface area contributed by atoms with Crippen LogP contribution in [-0.2, 0) is 0 Å². The third kappa shape index (κ3) is 4.70. The van der Waals surface area contributed by atoms with Crippen LogP contribution >= 0.6 is 11.3 Å². The summed E-state index contributed by atoms with van der Waals surface area (Å²) in [6.45, 7) is 0. The zero-order valence-corrected chi connectivity index (χ0v) is 19.2. The van der Waals surface area contributed by atoms with Gasteiger partial charge in [0.1, 0.15) is 5.82 Å². The number of thiazole rings is 1. The predicted octanol–water partition coefficient (Wildman–Crippen LogP) is 5.78.